The highest BCUT2D eigenvalue weighted by molar-refractivity contribution is 6.19. The van der Waals surface area contributed by atoms with Crippen LogP contribution in [0.4, 0.5) is 0 Å². The Bertz CT molecular complexity index is 2240. The molecular weight excluding hydrogens is 424 g/mol. The van der Waals surface area contributed by atoms with E-state index in [4.69, 9.17) is 13.2 Å². The Labute approximate surface area is 215 Å². The molecule has 0 atom stereocenters. The third-order valence-corrected chi connectivity index (χ3v) is 6.56. The van der Waals surface area contributed by atoms with E-state index in [-0.39, 0.29) is 51.4 Å². The molecule has 6 aromatic carbocycles. The minimum atomic E-state index is -0.425. The van der Waals surface area contributed by atoms with Gasteiger partial charge in [-0.05, 0) is 50.9 Å². The monoisotopic (exact) mass is 456 g/mol. The number of hydrogen-bond acceptors (Lipinski definition) is 1. The SMILES string of the molecule is [2H]c1c([2H])c([2H])c2c(-n3c(CC)nc4ccccc43)c3c([2H])c([2H])c([2H])c([2H])c3c(-c3ccc4ccccc4c3)c2c1[2H]. The fraction of sp³-hybridized carbons (Fsp3) is 0.0606. The predicted octanol–water partition coefficient (Wildman–Crippen LogP) is 8.71. The first kappa shape index (κ1) is 13.5. The van der Waals surface area contributed by atoms with Gasteiger partial charge in [0.15, 0.2) is 0 Å². The quantitative estimate of drug-likeness (QED) is 0.243. The third kappa shape index (κ3) is 3.00. The highest BCUT2D eigenvalue weighted by Crippen LogP contribution is 2.42. The molecule has 2 heteroatoms. The summed E-state index contributed by atoms with van der Waals surface area (Å²) in [5.41, 5.74) is 2.52. The van der Waals surface area contributed by atoms with E-state index < -0.39 is 24.2 Å². The average molecular weight is 457 g/mol. The predicted molar refractivity (Wildman–Crippen MR) is 148 cm³/mol. The van der Waals surface area contributed by atoms with Crippen molar-refractivity contribution in [2.45, 2.75) is 13.3 Å². The van der Waals surface area contributed by atoms with Gasteiger partial charge in [-0.1, -0.05) is 104 Å². The second-order valence-corrected chi connectivity index (χ2v) is 8.49. The number of para-hydroxylation sites is 2. The lowest BCUT2D eigenvalue weighted by molar-refractivity contribution is 0.917. The van der Waals surface area contributed by atoms with Gasteiger partial charge in [-0.2, -0.15) is 0 Å². The molecule has 1 heterocycles. The van der Waals surface area contributed by atoms with Crippen LogP contribution in [-0.2, 0) is 6.42 Å². The number of nitrogens with zero attached hydrogens (tertiary/aromatic N) is 2. The Kier molecular flexibility index (Phi) is 3.00. The summed E-state index contributed by atoms with van der Waals surface area (Å²) in [6, 6.07) is 18.0. The molecule has 0 aliphatic carbocycles. The van der Waals surface area contributed by atoms with Crippen LogP contribution in [0.2, 0.25) is 0 Å². The second kappa shape index (κ2) is 7.82. The molecule has 1 aromatic heterocycles. The molecule has 0 fully saturated rings. The summed E-state index contributed by atoms with van der Waals surface area (Å²) >= 11 is 0. The van der Waals surface area contributed by atoms with Crippen molar-refractivity contribution in [1.29, 1.82) is 0 Å². The lowest BCUT2D eigenvalue weighted by Gasteiger charge is -2.20. The van der Waals surface area contributed by atoms with Crippen LogP contribution in [0.5, 0.6) is 0 Å². The summed E-state index contributed by atoms with van der Waals surface area (Å²) in [6.07, 6.45) is 0.473. The van der Waals surface area contributed by atoms with Crippen LogP contribution < -0.4 is 0 Å². The van der Waals surface area contributed by atoms with Gasteiger partial charge in [0.2, 0.25) is 0 Å². The van der Waals surface area contributed by atoms with E-state index in [1.165, 1.54) is 0 Å². The lowest BCUT2D eigenvalue weighted by Crippen LogP contribution is -2.03. The fourth-order valence-corrected chi connectivity index (χ4v) is 5.02. The second-order valence-electron chi connectivity index (χ2n) is 8.49. The summed E-state index contributed by atoms with van der Waals surface area (Å²) in [5, 5.41) is 2.58. The Hall–Kier alpha value is -4.43. The van der Waals surface area contributed by atoms with Crippen LogP contribution in [0.3, 0.4) is 0 Å². The van der Waals surface area contributed by atoms with E-state index in [0.29, 0.717) is 34.4 Å². The van der Waals surface area contributed by atoms with Crippen molar-refractivity contribution >= 4 is 43.4 Å². The summed E-state index contributed by atoms with van der Waals surface area (Å²) in [5.74, 6) is 0.599. The normalized spacial score (nSPS) is 14.9. The zero-order valence-corrected chi connectivity index (χ0v) is 19.0. The molecule has 0 saturated carbocycles. The lowest BCUT2D eigenvalue weighted by atomic mass is 9.89. The standard InChI is InChI=1S/C33H24N2/c1-2-31-34-29-17-9-10-18-30(29)35(31)33-27-15-7-5-13-25(27)32(26-14-6-8-16-28(26)33)24-20-19-22-11-3-4-12-23(22)21-24/h3-21H,2H2,1H3/i5D,6D,7D,8D,13D,14D,15D,16D. The van der Waals surface area contributed by atoms with Crippen molar-refractivity contribution in [3.05, 3.63) is 121 Å². The molecule has 2 nitrogen and oxygen atoms in total. The first-order valence-corrected chi connectivity index (χ1v) is 11.6. The molecule has 166 valence electrons. The maximum atomic E-state index is 9.17. The summed E-state index contributed by atoms with van der Waals surface area (Å²) < 4.78 is 73.0. The highest BCUT2D eigenvalue weighted by atomic mass is 15.1. The largest absolute Gasteiger partial charge is 0.295 e. The van der Waals surface area contributed by atoms with Gasteiger partial charge < -0.3 is 0 Å². The van der Waals surface area contributed by atoms with E-state index in [9.17, 15) is 2.74 Å². The number of aromatic nitrogens is 2. The van der Waals surface area contributed by atoms with Crippen LogP contribution in [0.25, 0.3) is 60.2 Å². The molecule has 7 rings (SSSR count). The first-order valence-electron chi connectivity index (χ1n) is 15.6. The van der Waals surface area contributed by atoms with Crippen molar-refractivity contribution in [1.82, 2.24) is 9.55 Å². The number of hydrogen-bond donors (Lipinski definition) is 0. The van der Waals surface area contributed by atoms with E-state index in [0.717, 1.165) is 10.8 Å². The van der Waals surface area contributed by atoms with Gasteiger partial charge in [-0.25, -0.2) is 4.98 Å². The molecule has 0 aliphatic heterocycles. The average Bonchev–Trinajstić information content (AvgIpc) is 3.41. The van der Waals surface area contributed by atoms with Crippen LogP contribution in [0, 0.1) is 0 Å². The summed E-state index contributed by atoms with van der Waals surface area (Å²) in [7, 11) is 0. The summed E-state index contributed by atoms with van der Waals surface area (Å²) in [6.45, 7) is 1.93. The number of imidazole rings is 1. The Morgan fingerprint density at radius 2 is 1.34 bits per heavy atom. The minimum absolute atomic E-state index is 0.171. The molecule has 0 spiro atoms. The van der Waals surface area contributed by atoms with Crippen molar-refractivity contribution < 1.29 is 11.0 Å². The van der Waals surface area contributed by atoms with Gasteiger partial charge in [-0.15, -0.1) is 0 Å². The topological polar surface area (TPSA) is 17.8 Å². The molecule has 0 bridgehead atoms. The van der Waals surface area contributed by atoms with Gasteiger partial charge >= 0.3 is 0 Å². The van der Waals surface area contributed by atoms with Crippen molar-refractivity contribution in [3.63, 3.8) is 0 Å². The Balaban J connectivity index is 1.86. The zero-order valence-electron chi connectivity index (χ0n) is 27.0. The molecular formula is C33H24N2. The van der Waals surface area contributed by atoms with Crippen LogP contribution >= 0.6 is 0 Å². The van der Waals surface area contributed by atoms with E-state index in [2.05, 4.69) is 0 Å². The van der Waals surface area contributed by atoms with Crippen molar-refractivity contribution in [2.24, 2.45) is 0 Å². The number of fused-ring (bicyclic) bond motifs is 4. The van der Waals surface area contributed by atoms with Crippen LogP contribution in [0.15, 0.2) is 115 Å². The summed E-state index contributed by atoms with van der Waals surface area (Å²) in [4.78, 5) is 4.80. The van der Waals surface area contributed by atoms with Crippen molar-refractivity contribution in [2.75, 3.05) is 0 Å². The van der Waals surface area contributed by atoms with E-state index >= 15 is 0 Å². The van der Waals surface area contributed by atoms with Gasteiger partial charge in [0.25, 0.3) is 0 Å². The fourth-order valence-electron chi connectivity index (χ4n) is 5.02. The maximum Gasteiger partial charge on any atom is 0.114 e. The maximum absolute atomic E-state index is 9.17. The molecule has 0 unspecified atom stereocenters. The van der Waals surface area contributed by atoms with Gasteiger partial charge in [0.1, 0.15) is 5.82 Å². The van der Waals surface area contributed by atoms with E-state index in [1.807, 2.05) is 73.7 Å². The molecule has 0 radical (unpaired) electrons. The van der Waals surface area contributed by atoms with Crippen molar-refractivity contribution in [3.8, 4) is 16.8 Å². The molecule has 7 aromatic rings. The minimum Gasteiger partial charge on any atom is -0.295 e. The molecule has 0 aliphatic rings. The Morgan fingerprint density at radius 3 is 2.06 bits per heavy atom. The first-order chi connectivity index (χ1) is 20.6. The highest BCUT2D eigenvalue weighted by Gasteiger charge is 2.20. The molecule has 35 heavy (non-hydrogen) atoms. The number of benzene rings is 6. The number of rotatable bonds is 3. The zero-order chi connectivity index (χ0) is 30.3. The van der Waals surface area contributed by atoms with E-state index in [1.54, 1.807) is 4.57 Å². The van der Waals surface area contributed by atoms with Gasteiger partial charge in [-0.3, -0.25) is 4.57 Å². The molecule has 0 saturated heterocycles. The van der Waals surface area contributed by atoms with Crippen LogP contribution in [0.1, 0.15) is 23.7 Å². The number of aryl methyl sites for hydroxylation is 1. The van der Waals surface area contributed by atoms with Gasteiger partial charge in [0, 0.05) is 17.2 Å². The Morgan fingerprint density at radius 1 is 0.714 bits per heavy atom. The van der Waals surface area contributed by atoms with Crippen LogP contribution in [-0.4, -0.2) is 9.55 Å². The third-order valence-electron chi connectivity index (χ3n) is 6.56. The molecule has 0 N–H and O–H groups in total. The van der Waals surface area contributed by atoms with Gasteiger partial charge in [0.05, 0.1) is 27.7 Å². The smallest absolute Gasteiger partial charge is 0.114 e. The molecule has 0 amide bonds.